The van der Waals surface area contributed by atoms with Crippen LogP contribution in [0.2, 0.25) is 0 Å². The first kappa shape index (κ1) is 10.4. The van der Waals surface area contributed by atoms with E-state index in [4.69, 9.17) is 5.73 Å². The van der Waals surface area contributed by atoms with Crippen LogP contribution in [0, 0.1) is 5.41 Å². The van der Waals surface area contributed by atoms with Crippen LogP contribution >= 0.6 is 0 Å². The maximum Gasteiger partial charge on any atom is 0.00963 e. The van der Waals surface area contributed by atoms with E-state index in [9.17, 15) is 0 Å². The molecular formula is C12H24N2. The van der Waals surface area contributed by atoms with Crippen molar-refractivity contribution in [3.05, 3.63) is 0 Å². The molecule has 0 atom stereocenters. The Hall–Kier alpha value is -0.0800. The number of hydrogen-bond acceptors (Lipinski definition) is 2. The second-order valence-corrected chi connectivity index (χ2v) is 5.17. The summed E-state index contributed by atoms with van der Waals surface area (Å²) in [6, 6.07) is 0.926. The van der Waals surface area contributed by atoms with Gasteiger partial charge in [-0.15, -0.1) is 0 Å². The van der Waals surface area contributed by atoms with Crippen LogP contribution in [0.1, 0.15) is 45.4 Å². The Morgan fingerprint density at radius 1 is 1.36 bits per heavy atom. The quantitative estimate of drug-likeness (QED) is 0.704. The summed E-state index contributed by atoms with van der Waals surface area (Å²) < 4.78 is 0. The minimum atomic E-state index is 0.544. The van der Waals surface area contributed by atoms with E-state index in [1.165, 1.54) is 51.6 Å². The maximum atomic E-state index is 5.87. The summed E-state index contributed by atoms with van der Waals surface area (Å²) in [5, 5.41) is 0. The number of hydrogen-bond donors (Lipinski definition) is 1. The summed E-state index contributed by atoms with van der Waals surface area (Å²) in [6.07, 6.45) is 8.38. The highest BCUT2D eigenvalue weighted by Crippen LogP contribution is 2.43. The third-order valence-electron chi connectivity index (χ3n) is 4.25. The lowest BCUT2D eigenvalue weighted by Gasteiger charge is -2.42. The minimum Gasteiger partial charge on any atom is -0.330 e. The molecule has 2 N–H and O–H groups in total. The Kier molecular flexibility index (Phi) is 3.13. The van der Waals surface area contributed by atoms with E-state index in [0.717, 1.165) is 12.6 Å². The summed E-state index contributed by atoms with van der Waals surface area (Å²) in [7, 11) is 0. The largest absolute Gasteiger partial charge is 0.330 e. The first-order valence-electron chi connectivity index (χ1n) is 6.24. The molecule has 0 aliphatic heterocycles. The van der Waals surface area contributed by atoms with Gasteiger partial charge in [0, 0.05) is 6.04 Å². The number of nitrogens with two attached hydrogens (primary N) is 1. The first-order chi connectivity index (χ1) is 6.79. The monoisotopic (exact) mass is 196 g/mol. The second-order valence-electron chi connectivity index (χ2n) is 5.17. The Balaban J connectivity index is 1.73. The Morgan fingerprint density at radius 2 is 2.07 bits per heavy atom. The van der Waals surface area contributed by atoms with Gasteiger partial charge in [0.25, 0.3) is 0 Å². The molecule has 2 aliphatic rings. The first-order valence-corrected chi connectivity index (χ1v) is 6.24. The highest BCUT2D eigenvalue weighted by Gasteiger charge is 2.36. The Morgan fingerprint density at radius 3 is 2.43 bits per heavy atom. The predicted octanol–water partition coefficient (Wildman–Crippen LogP) is 1.99. The van der Waals surface area contributed by atoms with Crippen molar-refractivity contribution < 1.29 is 0 Å². The molecule has 0 amide bonds. The third-order valence-corrected chi connectivity index (χ3v) is 4.25. The lowest BCUT2D eigenvalue weighted by atomic mass is 9.66. The Bertz CT molecular complexity index is 177. The van der Waals surface area contributed by atoms with Crippen molar-refractivity contribution in [1.29, 1.82) is 0 Å². The van der Waals surface area contributed by atoms with E-state index >= 15 is 0 Å². The molecule has 2 rings (SSSR count). The van der Waals surface area contributed by atoms with Gasteiger partial charge in [-0.3, -0.25) is 0 Å². The molecule has 2 saturated carbocycles. The van der Waals surface area contributed by atoms with E-state index in [1.807, 2.05) is 0 Å². The van der Waals surface area contributed by atoms with E-state index in [2.05, 4.69) is 11.8 Å². The topological polar surface area (TPSA) is 29.3 Å². The van der Waals surface area contributed by atoms with Crippen molar-refractivity contribution in [1.82, 2.24) is 4.90 Å². The van der Waals surface area contributed by atoms with E-state index < -0.39 is 0 Å². The molecule has 0 aromatic carbocycles. The van der Waals surface area contributed by atoms with Gasteiger partial charge in [0.15, 0.2) is 0 Å². The maximum absolute atomic E-state index is 5.87. The van der Waals surface area contributed by atoms with Gasteiger partial charge in [-0.1, -0.05) is 13.3 Å². The van der Waals surface area contributed by atoms with Crippen molar-refractivity contribution in [2.45, 2.75) is 51.5 Å². The van der Waals surface area contributed by atoms with Crippen molar-refractivity contribution >= 4 is 0 Å². The zero-order valence-corrected chi connectivity index (χ0v) is 9.47. The third kappa shape index (κ3) is 2.12. The van der Waals surface area contributed by atoms with Gasteiger partial charge in [0.05, 0.1) is 0 Å². The van der Waals surface area contributed by atoms with Gasteiger partial charge in [0.1, 0.15) is 0 Å². The molecule has 0 spiro atoms. The Labute approximate surface area is 87.8 Å². The fraction of sp³-hybridized carbons (Fsp3) is 1.00. The molecule has 2 aliphatic carbocycles. The standard InChI is InChI=1S/C12H24N2/c1-2-14(11-4-5-11)9-8-12(10-13)6-3-7-12/h11H,2-10,13H2,1H3. The minimum absolute atomic E-state index is 0.544. The smallest absolute Gasteiger partial charge is 0.00963 e. The molecular weight excluding hydrogens is 172 g/mol. The van der Waals surface area contributed by atoms with E-state index in [0.29, 0.717) is 5.41 Å². The molecule has 0 unspecified atom stereocenters. The molecule has 0 saturated heterocycles. The average Bonchev–Trinajstić information content (AvgIpc) is 2.94. The van der Waals surface area contributed by atoms with Gasteiger partial charge in [-0.05, 0) is 57.2 Å². The fourth-order valence-electron chi connectivity index (χ4n) is 2.65. The van der Waals surface area contributed by atoms with Gasteiger partial charge in [-0.2, -0.15) is 0 Å². The van der Waals surface area contributed by atoms with Gasteiger partial charge < -0.3 is 10.6 Å². The van der Waals surface area contributed by atoms with Crippen molar-refractivity contribution in [2.75, 3.05) is 19.6 Å². The molecule has 2 heteroatoms. The lowest BCUT2D eigenvalue weighted by Crippen LogP contribution is -2.41. The SMILES string of the molecule is CCN(CCC1(CN)CCC1)C1CC1. The lowest BCUT2D eigenvalue weighted by molar-refractivity contribution is 0.105. The molecule has 0 heterocycles. The molecule has 14 heavy (non-hydrogen) atoms. The predicted molar refractivity (Wildman–Crippen MR) is 60.2 cm³/mol. The zero-order valence-electron chi connectivity index (χ0n) is 9.47. The van der Waals surface area contributed by atoms with E-state index in [1.54, 1.807) is 0 Å². The number of nitrogens with zero attached hydrogens (tertiary/aromatic N) is 1. The summed E-state index contributed by atoms with van der Waals surface area (Å²) in [4.78, 5) is 2.65. The number of rotatable bonds is 6. The molecule has 0 aromatic heterocycles. The van der Waals surface area contributed by atoms with E-state index in [-0.39, 0.29) is 0 Å². The summed E-state index contributed by atoms with van der Waals surface area (Å²) in [6.45, 7) is 5.72. The molecule has 2 fully saturated rings. The van der Waals surface area contributed by atoms with Crippen molar-refractivity contribution in [3.63, 3.8) is 0 Å². The highest BCUT2D eigenvalue weighted by atomic mass is 15.2. The second kappa shape index (κ2) is 4.19. The van der Waals surface area contributed by atoms with Crippen LogP contribution in [0.4, 0.5) is 0 Å². The zero-order chi connectivity index (χ0) is 10.0. The van der Waals surface area contributed by atoms with Crippen molar-refractivity contribution in [2.24, 2.45) is 11.1 Å². The van der Waals surface area contributed by atoms with Crippen LogP contribution in [-0.4, -0.2) is 30.6 Å². The van der Waals surface area contributed by atoms with Crippen LogP contribution in [0.25, 0.3) is 0 Å². The van der Waals surface area contributed by atoms with Gasteiger partial charge in [0.2, 0.25) is 0 Å². The molecule has 82 valence electrons. The summed E-state index contributed by atoms with van der Waals surface area (Å²) in [5.74, 6) is 0. The van der Waals surface area contributed by atoms with Crippen LogP contribution in [0.5, 0.6) is 0 Å². The van der Waals surface area contributed by atoms with Crippen LogP contribution in [0.3, 0.4) is 0 Å². The highest BCUT2D eigenvalue weighted by molar-refractivity contribution is 4.91. The van der Waals surface area contributed by atoms with Crippen LogP contribution in [-0.2, 0) is 0 Å². The molecule has 0 radical (unpaired) electrons. The summed E-state index contributed by atoms with van der Waals surface area (Å²) in [5.41, 5.74) is 6.41. The normalized spacial score (nSPS) is 25.1. The fourth-order valence-corrected chi connectivity index (χ4v) is 2.65. The molecule has 0 bridgehead atoms. The van der Waals surface area contributed by atoms with Gasteiger partial charge in [-0.25, -0.2) is 0 Å². The van der Waals surface area contributed by atoms with Crippen LogP contribution in [0.15, 0.2) is 0 Å². The summed E-state index contributed by atoms with van der Waals surface area (Å²) >= 11 is 0. The molecule has 2 nitrogen and oxygen atoms in total. The van der Waals surface area contributed by atoms with Crippen molar-refractivity contribution in [3.8, 4) is 0 Å². The molecule has 0 aromatic rings. The van der Waals surface area contributed by atoms with Gasteiger partial charge >= 0.3 is 0 Å². The van der Waals surface area contributed by atoms with Crippen LogP contribution < -0.4 is 5.73 Å². The average molecular weight is 196 g/mol.